The maximum Gasteiger partial charge on any atom is 0.00419 e. The molecule has 1 heteroatoms. The van der Waals surface area contributed by atoms with Crippen LogP contribution < -0.4 is 5.73 Å². The average Bonchev–Trinajstić information content (AvgIpc) is 2.65. The molecule has 0 aromatic carbocycles. The van der Waals surface area contributed by atoms with E-state index in [2.05, 4.69) is 19.9 Å². The zero-order valence-electron chi connectivity index (χ0n) is 10.3. The van der Waals surface area contributed by atoms with Gasteiger partial charge in [0.15, 0.2) is 0 Å². The molecule has 1 fully saturated rings. The Morgan fingerprint density at radius 1 is 1.47 bits per heavy atom. The van der Waals surface area contributed by atoms with Crippen LogP contribution >= 0.6 is 0 Å². The first kappa shape index (κ1) is 11.2. The van der Waals surface area contributed by atoms with Crippen molar-refractivity contribution < 1.29 is 0 Å². The van der Waals surface area contributed by atoms with Crippen LogP contribution in [0.1, 0.15) is 58.8 Å². The van der Waals surface area contributed by atoms with Crippen molar-refractivity contribution in [3.8, 4) is 0 Å². The molecule has 0 aliphatic heterocycles. The number of rotatable bonds is 2. The van der Waals surface area contributed by atoms with Gasteiger partial charge in [-0.15, -0.1) is 0 Å². The summed E-state index contributed by atoms with van der Waals surface area (Å²) in [6, 6.07) is 0.463. The summed E-state index contributed by atoms with van der Waals surface area (Å²) in [6.07, 6.45) is 11.6. The summed E-state index contributed by atoms with van der Waals surface area (Å²) in [5.41, 5.74) is 8.32. The molecule has 0 amide bonds. The predicted octanol–water partition coefficient (Wildman–Crippen LogP) is 3.64. The number of hydrogen-bond donors (Lipinski definition) is 1. The number of allylic oxidation sites excluding steroid dienone is 2. The maximum absolute atomic E-state index is 6.10. The Morgan fingerprint density at radius 3 is 2.93 bits per heavy atom. The standard InChI is InChI=1S/C14H25N/c1-14(2)8-7-13(15)10-12(14)9-11-5-3-4-6-11/h5,12-13H,3-4,6-10,15H2,1-2H3. The highest BCUT2D eigenvalue weighted by Crippen LogP contribution is 2.44. The molecule has 2 rings (SSSR count). The minimum Gasteiger partial charge on any atom is -0.328 e. The van der Waals surface area contributed by atoms with Crippen LogP contribution in [-0.4, -0.2) is 6.04 Å². The Labute approximate surface area is 94.1 Å². The van der Waals surface area contributed by atoms with E-state index >= 15 is 0 Å². The Balaban J connectivity index is 1.98. The lowest BCUT2D eigenvalue weighted by atomic mass is 9.65. The largest absolute Gasteiger partial charge is 0.328 e. The van der Waals surface area contributed by atoms with Crippen molar-refractivity contribution >= 4 is 0 Å². The van der Waals surface area contributed by atoms with Crippen LogP contribution in [0.25, 0.3) is 0 Å². The Hall–Kier alpha value is -0.300. The van der Waals surface area contributed by atoms with Gasteiger partial charge in [0.2, 0.25) is 0 Å². The van der Waals surface area contributed by atoms with Gasteiger partial charge in [-0.25, -0.2) is 0 Å². The minimum atomic E-state index is 0.463. The van der Waals surface area contributed by atoms with Crippen LogP contribution in [0.2, 0.25) is 0 Å². The van der Waals surface area contributed by atoms with E-state index in [-0.39, 0.29) is 0 Å². The molecule has 2 aliphatic carbocycles. The van der Waals surface area contributed by atoms with Gasteiger partial charge in [0.25, 0.3) is 0 Å². The minimum absolute atomic E-state index is 0.463. The molecule has 0 aromatic heterocycles. The summed E-state index contributed by atoms with van der Waals surface area (Å²) in [7, 11) is 0. The lowest BCUT2D eigenvalue weighted by Crippen LogP contribution is -2.38. The van der Waals surface area contributed by atoms with Gasteiger partial charge in [-0.1, -0.05) is 25.5 Å². The van der Waals surface area contributed by atoms with Crippen LogP contribution in [-0.2, 0) is 0 Å². The first-order chi connectivity index (χ1) is 7.08. The van der Waals surface area contributed by atoms with E-state index in [9.17, 15) is 0 Å². The summed E-state index contributed by atoms with van der Waals surface area (Å²) in [5, 5.41) is 0. The fourth-order valence-corrected chi connectivity index (χ4v) is 3.16. The third-order valence-corrected chi connectivity index (χ3v) is 4.50. The molecule has 15 heavy (non-hydrogen) atoms. The normalized spacial score (nSPS) is 35.3. The Morgan fingerprint density at radius 2 is 2.27 bits per heavy atom. The molecule has 2 unspecified atom stereocenters. The molecule has 2 N–H and O–H groups in total. The van der Waals surface area contributed by atoms with Crippen molar-refractivity contribution in [2.45, 2.75) is 64.8 Å². The van der Waals surface area contributed by atoms with Crippen LogP contribution in [0.5, 0.6) is 0 Å². The first-order valence-electron chi connectivity index (χ1n) is 6.51. The maximum atomic E-state index is 6.10. The fourth-order valence-electron chi connectivity index (χ4n) is 3.16. The topological polar surface area (TPSA) is 26.0 Å². The van der Waals surface area contributed by atoms with Gasteiger partial charge in [-0.3, -0.25) is 0 Å². The molecule has 1 saturated carbocycles. The molecule has 2 aliphatic rings. The molecule has 0 saturated heterocycles. The highest BCUT2D eigenvalue weighted by Gasteiger charge is 2.35. The molecule has 0 aromatic rings. The van der Waals surface area contributed by atoms with Crippen molar-refractivity contribution in [1.82, 2.24) is 0 Å². The van der Waals surface area contributed by atoms with Gasteiger partial charge in [0.05, 0.1) is 0 Å². The fraction of sp³-hybridized carbons (Fsp3) is 0.857. The van der Waals surface area contributed by atoms with E-state index in [1.165, 1.54) is 44.9 Å². The summed E-state index contributed by atoms with van der Waals surface area (Å²) >= 11 is 0. The lowest BCUT2D eigenvalue weighted by Gasteiger charge is -2.41. The van der Waals surface area contributed by atoms with Gasteiger partial charge in [0, 0.05) is 6.04 Å². The van der Waals surface area contributed by atoms with E-state index in [1.54, 1.807) is 5.57 Å². The van der Waals surface area contributed by atoms with Crippen molar-refractivity contribution in [3.05, 3.63) is 11.6 Å². The SMILES string of the molecule is CC1(C)CCC(N)CC1CC1=CCCC1. The highest BCUT2D eigenvalue weighted by atomic mass is 14.7. The van der Waals surface area contributed by atoms with Crippen molar-refractivity contribution in [1.29, 1.82) is 0 Å². The molecular weight excluding hydrogens is 182 g/mol. The molecular formula is C14H25N. The van der Waals surface area contributed by atoms with Crippen LogP contribution in [0.15, 0.2) is 11.6 Å². The second-order valence-electron chi connectivity index (χ2n) is 6.18. The van der Waals surface area contributed by atoms with Crippen molar-refractivity contribution in [3.63, 3.8) is 0 Å². The number of hydrogen-bond acceptors (Lipinski definition) is 1. The van der Waals surface area contributed by atoms with Crippen molar-refractivity contribution in [2.24, 2.45) is 17.1 Å². The summed E-state index contributed by atoms with van der Waals surface area (Å²) < 4.78 is 0. The predicted molar refractivity (Wildman–Crippen MR) is 65.6 cm³/mol. The average molecular weight is 207 g/mol. The van der Waals surface area contributed by atoms with E-state index in [1.807, 2.05) is 0 Å². The van der Waals surface area contributed by atoms with Crippen LogP contribution in [0.4, 0.5) is 0 Å². The summed E-state index contributed by atoms with van der Waals surface area (Å²) in [5.74, 6) is 0.825. The zero-order chi connectivity index (χ0) is 10.9. The summed E-state index contributed by atoms with van der Waals surface area (Å²) in [4.78, 5) is 0. The van der Waals surface area contributed by atoms with Crippen LogP contribution in [0.3, 0.4) is 0 Å². The van der Waals surface area contributed by atoms with Gasteiger partial charge >= 0.3 is 0 Å². The van der Waals surface area contributed by atoms with Crippen molar-refractivity contribution in [2.75, 3.05) is 0 Å². The third-order valence-electron chi connectivity index (χ3n) is 4.50. The zero-order valence-corrected chi connectivity index (χ0v) is 10.3. The number of nitrogens with two attached hydrogens (primary N) is 1. The van der Waals surface area contributed by atoms with Gasteiger partial charge in [-0.2, -0.15) is 0 Å². The van der Waals surface area contributed by atoms with E-state index < -0.39 is 0 Å². The molecule has 0 radical (unpaired) electrons. The molecule has 2 atom stereocenters. The molecule has 86 valence electrons. The Kier molecular flexibility index (Phi) is 3.20. The van der Waals surface area contributed by atoms with Gasteiger partial charge < -0.3 is 5.73 Å². The van der Waals surface area contributed by atoms with Gasteiger partial charge in [-0.05, 0) is 56.3 Å². The van der Waals surface area contributed by atoms with Crippen LogP contribution in [0, 0.1) is 11.3 Å². The second-order valence-corrected chi connectivity index (χ2v) is 6.18. The lowest BCUT2D eigenvalue weighted by molar-refractivity contribution is 0.123. The monoisotopic (exact) mass is 207 g/mol. The highest BCUT2D eigenvalue weighted by molar-refractivity contribution is 5.10. The molecule has 0 heterocycles. The van der Waals surface area contributed by atoms with E-state index in [4.69, 9.17) is 5.73 Å². The molecule has 0 bridgehead atoms. The van der Waals surface area contributed by atoms with Gasteiger partial charge in [0.1, 0.15) is 0 Å². The Bertz CT molecular complexity index is 252. The second kappa shape index (κ2) is 4.29. The molecule has 0 spiro atoms. The first-order valence-corrected chi connectivity index (χ1v) is 6.51. The smallest absolute Gasteiger partial charge is 0.00419 e. The van der Waals surface area contributed by atoms with E-state index in [0.717, 1.165) is 5.92 Å². The third kappa shape index (κ3) is 2.63. The molecule has 1 nitrogen and oxygen atoms in total. The summed E-state index contributed by atoms with van der Waals surface area (Å²) in [6.45, 7) is 4.86. The quantitative estimate of drug-likeness (QED) is 0.687. The van der Waals surface area contributed by atoms with E-state index in [0.29, 0.717) is 11.5 Å².